The van der Waals surface area contributed by atoms with Gasteiger partial charge in [0, 0.05) is 12.2 Å². The Hall–Kier alpha value is -2.82. The summed E-state index contributed by atoms with van der Waals surface area (Å²) in [6.07, 6.45) is 1.09. The van der Waals surface area contributed by atoms with Crippen LogP contribution < -0.4 is 9.64 Å². The van der Waals surface area contributed by atoms with Gasteiger partial charge in [-0.1, -0.05) is 36.4 Å². The molecule has 25 heavy (non-hydrogen) atoms. The van der Waals surface area contributed by atoms with Gasteiger partial charge in [0.15, 0.2) is 12.7 Å². The fraction of sp³-hybridized carbons (Fsp3) is 0.300. The lowest BCUT2D eigenvalue weighted by molar-refractivity contribution is -0.154. The zero-order valence-electron chi connectivity index (χ0n) is 14.2. The number of hydrogen-bond acceptors (Lipinski definition) is 4. The van der Waals surface area contributed by atoms with Gasteiger partial charge in [-0.05, 0) is 43.5 Å². The third-order valence-electron chi connectivity index (χ3n) is 4.14. The molecule has 0 aliphatic carbocycles. The summed E-state index contributed by atoms with van der Waals surface area (Å²) in [5, 5.41) is 0. The van der Waals surface area contributed by atoms with Gasteiger partial charge in [0.25, 0.3) is 5.91 Å². The van der Waals surface area contributed by atoms with Crippen molar-refractivity contribution in [2.24, 2.45) is 0 Å². The van der Waals surface area contributed by atoms with Crippen LogP contribution >= 0.6 is 0 Å². The molecule has 0 bridgehead atoms. The molecule has 0 unspecified atom stereocenters. The molecule has 1 heterocycles. The molecule has 5 nitrogen and oxygen atoms in total. The van der Waals surface area contributed by atoms with Gasteiger partial charge in [0.1, 0.15) is 5.75 Å². The first-order chi connectivity index (χ1) is 12.1. The predicted octanol–water partition coefficient (Wildman–Crippen LogP) is 2.98. The second-order valence-electron chi connectivity index (χ2n) is 5.96. The number of carbonyl (C=O) groups excluding carboxylic acids is 2. The normalized spacial score (nSPS) is 14.4. The first-order valence-electron chi connectivity index (χ1n) is 8.42. The standard InChI is InChI=1S/C20H21NO4/c1-15(25-17-10-3-2-4-11-17)20(23)24-14-19(22)21-13-7-9-16-8-5-6-12-18(16)21/h2-6,8,10-12,15H,7,9,13-14H2,1H3/t15-/m1/s1. The number of hydrogen-bond donors (Lipinski definition) is 0. The van der Waals surface area contributed by atoms with Crippen molar-refractivity contribution in [2.75, 3.05) is 18.1 Å². The third kappa shape index (κ3) is 4.18. The van der Waals surface area contributed by atoms with Crippen LogP contribution in [0.5, 0.6) is 5.75 Å². The number of amides is 1. The number of benzene rings is 2. The monoisotopic (exact) mass is 339 g/mol. The number of nitrogens with zero attached hydrogens (tertiary/aromatic N) is 1. The topological polar surface area (TPSA) is 55.8 Å². The summed E-state index contributed by atoms with van der Waals surface area (Å²) in [7, 11) is 0. The van der Waals surface area contributed by atoms with Crippen molar-refractivity contribution in [1.82, 2.24) is 0 Å². The molecule has 0 saturated heterocycles. The summed E-state index contributed by atoms with van der Waals surface area (Å²) >= 11 is 0. The maximum absolute atomic E-state index is 12.5. The van der Waals surface area contributed by atoms with E-state index < -0.39 is 12.1 Å². The molecule has 3 rings (SSSR count). The number of rotatable bonds is 5. The molecule has 0 saturated carbocycles. The number of aryl methyl sites for hydroxylation is 1. The van der Waals surface area contributed by atoms with Crippen LogP contribution in [0, 0.1) is 0 Å². The molecule has 1 aliphatic rings. The minimum atomic E-state index is -0.774. The van der Waals surface area contributed by atoms with Crippen LogP contribution in [0.25, 0.3) is 0 Å². The maximum Gasteiger partial charge on any atom is 0.347 e. The Morgan fingerprint density at radius 1 is 1.08 bits per heavy atom. The highest BCUT2D eigenvalue weighted by atomic mass is 16.6. The quantitative estimate of drug-likeness (QED) is 0.786. The van der Waals surface area contributed by atoms with Gasteiger partial charge in [0.05, 0.1) is 0 Å². The molecule has 1 atom stereocenters. The summed E-state index contributed by atoms with van der Waals surface area (Å²) in [5.41, 5.74) is 2.05. The van der Waals surface area contributed by atoms with Gasteiger partial charge < -0.3 is 14.4 Å². The van der Waals surface area contributed by atoms with E-state index in [1.54, 1.807) is 24.0 Å². The van der Waals surface area contributed by atoms with E-state index in [2.05, 4.69) is 0 Å². The molecule has 130 valence electrons. The Balaban J connectivity index is 1.55. The lowest BCUT2D eigenvalue weighted by Crippen LogP contribution is -2.39. The lowest BCUT2D eigenvalue weighted by Gasteiger charge is -2.29. The molecule has 0 spiro atoms. The van der Waals surface area contributed by atoms with E-state index in [0.717, 1.165) is 24.1 Å². The molecule has 2 aromatic rings. The van der Waals surface area contributed by atoms with E-state index in [0.29, 0.717) is 12.3 Å². The van der Waals surface area contributed by atoms with Crippen LogP contribution in [0.1, 0.15) is 18.9 Å². The third-order valence-corrected chi connectivity index (χ3v) is 4.14. The smallest absolute Gasteiger partial charge is 0.347 e. The SMILES string of the molecule is C[C@@H](Oc1ccccc1)C(=O)OCC(=O)N1CCCc2ccccc21. The average molecular weight is 339 g/mol. The van der Waals surface area contributed by atoms with Gasteiger partial charge in [0.2, 0.25) is 0 Å². The molecule has 0 N–H and O–H groups in total. The molecule has 0 aromatic heterocycles. The number of para-hydroxylation sites is 2. The van der Waals surface area contributed by atoms with Crippen LogP contribution in [-0.4, -0.2) is 31.1 Å². The molecule has 1 aliphatic heterocycles. The maximum atomic E-state index is 12.5. The minimum absolute atomic E-state index is 0.215. The molecule has 0 fully saturated rings. The Morgan fingerprint density at radius 3 is 2.60 bits per heavy atom. The Morgan fingerprint density at radius 2 is 1.80 bits per heavy atom. The number of ether oxygens (including phenoxy) is 2. The summed E-state index contributed by atoms with van der Waals surface area (Å²) in [6, 6.07) is 16.9. The van der Waals surface area contributed by atoms with Crippen molar-refractivity contribution in [3.05, 3.63) is 60.2 Å². The minimum Gasteiger partial charge on any atom is -0.479 e. The molecular formula is C20H21NO4. The van der Waals surface area contributed by atoms with Crippen molar-refractivity contribution >= 4 is 17.6 Å². The number of carbonyl (C=O) groups is 2. The lowest BCUT2D eigenvalue weighted by atomic mass is 10.0. The zero-order chi connectivity index (χ0) is 17.6. The van der Waals surface area contributed by atoms with Crippen molar-refractivity contribution in [1.29, 1.82) is 0 Å². The Kier molecular flexibility index (Phi) is 5.33. The van der Waals surface area contributed by atoms with E-state index in [9.17, 15) is 9.59 Å². The van der Waals surface area contributed by atoms with E-state index in [1.807, 2.05) is 42.5 Å². The van der Waals surface area contributed by atoms with Gasteiger partial charge in [-0.3, -0.25) is 4.79 Å². The highest BCUT2D eigenvalue weighted by molar-refractivity contribution is 5.96. The van der Waals surface area contributed by atoms with Crippen LogP contribution in [0.4, 0.5) is 5.69 Å². The van der Waals surface area contributed by atoms with Crippen molar-refractivity contribution < 1.29 is 19.1 Å². The fourth-order valence-electron chi connectivity index (χ4n) is 2.87. The summed E-state index contributed by atoms with van der Waals surface area (Å²) < 4.78 is 10.7. The van der Waals surface area contributed by atoms with Crippen molar-refractivity contribution in [3.8, 4) is 5.75 Å². The Bertz CT molecular complexity index is 744. The van der Waals surface area contributed by atoms with Gasteiger partial charge >= 0.3 is 5.97 Å². The van der Waals surface area contributed by atoms with Crippen LogP contribution in [-0.2, 0) is 20.7 Å². The van der Waals surface area contributed by atoms with E-state index in [-0.39, 0.29) is 12.5 Å². The second kappa shape index (κ2) is 7.83. The summed E-state index contributed by atoms with van der Waals surface area (Å²) in [6.45, 7) is 1.97. The fourth-order valence-corrected chi connectivity index (χ4v) is 2.87. The first-order valence-corrected chi connectivity index (χ1v) is 8.42. The first kappa shape index (κ1) is 17.0. The van der Waals surface area contributed by atoms with Gasteiger partial charge in [-0.25, -0.2) is 4.79 Å². The largest absolute Gasteiger partial charge is 0.479 e. The molecular weight excluding hydrogens is 318 g/mol. The number of esters is 1. The van der Waals surface area contributed by atoms with E-state index >= 15 is 0 Å². The average Bonchev–Trinajstić information content (AvgIpc) is 2.66. The molecule has 0 radical (unpaired) electrons. The molecule has 1 amide bonds. The second-order valence-corrected chi connectivity index (χ2v) is 5.96. The highest BCUT2D eigenvalue weighted by Gasteiger charge is 2.24. The summed E-state index contributed by atoms with van der Waals surface area (Å²) in [5.74, 6) is -0.182. The highest BCUT2D eigenvalue weighted by Crippen LogP contribution is 2.26. The van der Waals surface area contributed by atoms with Gasteiger partial charge in [-0.15, -0.1) is 0 Å². The van der Waals surface area contributed by atoms with Crippen molar-refractivity contribution in [2.45, 2.75) is 25.9 Å². The number of anilines is 1. The van der Waals surface area contributed by atoms with Gasteiger partial charge in [-0.2, -0.15) is 0 Å². The molecule has 2 aromatic carbocycles. The van der Waals surface area contributed by atoms with Crippen LogP contribution in [0.15, 0.2) is 54.6 Å². The number of fused-ring (bicyclic) bond motifs is 1. The molecule has 5 heteroatoms. The van der Waals surface area contributed by atoms with E-state index in [4.69, 9.17) is 9.47 Å². The summed E-state index contributed by atoms with van der Waals surface area (Å²) in [4.78, 5) is 26.2. The van der Waals surface area contributed by atoms with Crippen LogP contribution in [0.3, 0.4) is 0 Å². The van der Waals surface area contributed by atoms with Crippen LogP contribution in [0.2, 0.25) is 0 Å². The van der Waals surface area contributed by atoms with E-state index in [1.165, 1.54) is 0 Å². The zero-order valence-corrected chi connectivity index (χ0v) is 14.2. The predicted molar refractivity (Wildman–Crippen MR) is 94.6 cm³/mol. The van der Waals surface area contributed by atoms with Crippen molar-refractivity contribution in [3.63, 3.8) is 0 Å². The Labute approximate surface area is 147 Å².